The van der Waals surface area contributed by atoms with Gasteiger partial charge in [0.05, 0.1) is 18.2 Å². The van der Waals surface area contributed by atoms with Crippen molar-refractivity contribution < 1.29 is 28.6 Å². The molecule has 172 valence electrons. The van der Waals surface area contributed by atoms with Crippen LogP contribution in [0.2, 0.25) is 0 Å². The van der Waals surface area contributed by atoms with E-state index in [1.54, 1.807) is 26.2 Å². The number of methoxy groups -OCH3 is 1. The lowest BCUT2D eigenvalue weighted by Crippen LogP contribution is -2.32. The highest BCUT2D eigenvalue weighted by Crippen LogP contribution is 2.40. The van der Waals surface area contributed by atoms with Crippen molar-refractivity contribution in [1.82, 2.24) is 4.90 Å². The zero-order valence-corrected chi connectivity index (χ0v) is 18.9. The largest absolute Gasteiger partial charge is 0.503 e. The Balaban J connectivity index is 1.94. The van der Waals surface area contributed by atoms with Crippen LogP contribution in [0, 0.1) is 6.92 Å². The summed E-state index contributed by atoms with van der Waals surface area (Å²) < 4.78 is 16.5. The van der Waals surface area contributed by atoms with Crippen molar-refractivity contribution in [1.29, 1.82) is 0 Å². The predicted molar refractivity (Wildman–Crippen MR) is 120 cm³/mol. The number of ketones is 1. The first-order valence-corrected chi connectivity index (χ1v) is 11.0. The van der Waals surface area contributed by atoms with Gasteiger partial charge in [-0.25, -0.2) is 0 Å². The number of aliphatic hydroxyl groups is 1. The van der Waals surface area contributed by atoms with E-state index in [0.29, 0.717) is 43.3 Å². The molecule has 1 aliphatic rings. The van der Waals surface area contributed by atoms with Crippen LogP contribution < -0.4 is 4.74 Å². The summed E-state index contributed by atoms with van der Waals surface area (Å²) in [5, 5.41) is 10.7. The monoisotopic (exact) mass is 441 g/mol. The van der Waals surface area contributed by atoms with Gasteiger partial charge in [-0.15, -0.1) is 0 Å². The van der Waals surface area contributed by atoms with Crippen molar-refractivity contribution in [2.24, 2.45) is 0 Å². The minimum Gasteiger partial charge on any atom is -0.503 e. The van der Waals surface area contributed by atoms with Gasteiger partial charge < -0.3 is 23.9 Å². The second kappa shape index (κ2) is 11.0. The highest BCUT2D eigenvalue weighted by Gasteiger charge is 2.44. The molecule has 0 aliphatic carbocycles. The van der Waals surface area contributed by atoms with E-state index in [2.05, 4.69) is 6.92 Å². The molecule has 1 aromatic heterocycles. The first-order valence-electron chi connectivity index (χ1n) is 11.0. The number of furan rings is 1. The van der Waals surface area contributed by atoms with E-state index in [1.165, 1.54) is 4.90 Å². The molecule has 1 aliphatic heterocycles. The summed E-state index contributed by atoms with van der Waals surface area (Å²) >= 11 is 0. The Morgan fingerprint density at radius 3 is 2.66 bits per heavy atom. The molecule has 3 rings (SSSR count). The van der Waals surface area contributed by atoms with Gasteiger partial charge in [-0.05, 0) is 49.6 Å². The fraction of sp³-hybridized carbons (Fsp3) is 0.440. The molecule has 2 aromatic rings. The van der Waals surface area contributed by atoms with E-state index in [-0.39, 0.29) is 11.3 Å². The zero-order valence-electron chi connectivity index (χ0n) is 18.9. The van der Waals surface area contributed by atoms with Crippen molar-refractivity contribution in [3.05, 3.63) is 64.8 Å². The summed E-state index contributed by atoms with van der Waals surface area (Å²) in [5.74, 6) is -0.290. The van der Waals surface area contributed by atoms with E-state index in [9.17, 15) is 14.7 Å². The SMILES string of the molecule is CCCCCOc1cccc(C2C(C(=O)c3ccc(C)o3)=C(O)C(=O)N2CCCOC)c1. The Morgan fingerprint density at radius 1 is 1.16 bits per heavy atom. The van der Waals surface area contributed by atoms with E-state index in [0.717, 1.165) is 19.3 Å². The minimum absolute atomic E-state index is 0.0184. The Hall–Kier alpha value is -3.06. The Labute approximate surface area is 188 Å². The fourth-order valence-electron chi connectivity index (χ4n) is 3.85. The van der Waals surface area contributed by atoms with E-state index >= 15 is 0 Å². The maximum atomic E-state index is 13.3. The normalized spacial score (nSPS) is 16.2. The molecular weight excluding hydrogens is 410 g/mol. The number of carbonyl (C=O) groups excluding carboxylic acids is 2. The first kappa shape index (κ1) is 23.6. The van der Waals surface area contributed by atoms with Crippen LogP contribution in [0.4, 0.5) is 0 Å². The number of aliphatic hydroxyl groups excluding tert-OH is 1. The zero-order chi connectivity index (χ0) is 23.1. The molecule has 0 bridgehead atoms. The van der Waals surface area contributed by atoms with Crippen LogP contribution in [0.5, 0.6) is 5.75 Å². The molecule has 7 nitrogen and oxygen atoms in total. The quantitative estimate of drug-likeness (QED) is 0.377. The smallest absolute Gasteiger partial charge is 0.290 e. The van der Waals surface area contributed by atoms with Gasteiger partial charge in [-0.2, -0.15) is 0 Å². The number of hydrogen-bond acceptors (Lipinski definition) is 6. The summed E-state index contributed by atoms with van der Waals surface area (Å²) in [4.78, 5) is 27.7. The van der Waals surface area contributed by atoms with Crippen molar-refractivity contribution in [2.75, 3.05) is 26.9 Å². The van der Waals surface area contributed by atoms with Crippen LogP contribution in [-0.4, -0.2) is 48.6 Å². The van der Waals surface area contributed by atoms with Crippen LogP contribution >= 0.6 is 0 Å². The van der Waals surface area contributed by atoms with Crippen molar-refractivity contribution in [2.45, 2.75) is 45.6 Å². The summed E-state index contributed by atoms with van der Waals surface area (Å²) in [6.07, 6.45) is 3.71. The number of unbranched alkanes of at least 4 members (excludes halogenated alkanes) is 2. The molecule has 1 atom stereocenters. The molecule has 1 N–H and O–H groups in total. The number of hydrogen-bond donors (Lipinski definition) is 1. The molecule has 0 radical (unpaired) electrons. The van der Waals surface area contributed by atoms with Crippen molar-refractivity contribution >= 4 is 11.7 Å². The Bertz CT molecular complexity index is 976. The lowest BCUT2D eigenvalue weighted by atomic mass is 9.95. The van der Waals surface area contributed by atoms with E-state index in [4.69, 9.17) is 13.9 Å². The van der Waals surface area contributed by atoms with Gasteiger partial charge in [0.1, 0.15) is 11.5 Å². The lowest BCUT2D eigenvalue weighted by Gasteiger charge is -2.27. The van der Waals surface area contributed by atoms with Crippen LogP contribution in [0.15, 0.2) is 52.1 Å². The lowest BCUT2D eigenvalue weighted by molar-refractivity contribution is -0.129. The number of aryl methyl sites for hydroxylation is 1. The van der Waals surface area contributed by atoms with Gasteiger partial charge >= 0.3 is 0 Å². The molecule has 1 amide bonds. The molecule has 0 saturated heterocycles. The molecule has 32 heavy (non-hydrogen) atoms. The summed E-state index contributed by atoms with van der Waals surface area (Å²) in [5.41, 5.74) is 0.712. The van der Waals surface area contributed by atoms with Crippen LogP contribution in [-0.2, 0) is 9.53 Å². The molecule has 2 heterocycles. The number of ether oxygens (including phenoxy) is 2. The number of rotatable bonds is 12. The molecule has 0 spiro atoms. The highest BCUT2D eigenvalue weighted by atomic mass is 16.5. The molecule has 7 heteroatoms. The average molecular weight is 442 g/mol. The summed E-state index contributed by atoms with van der Waals surface area (Å²) in [7, 11) is 1.59. The molecule has 0 fully saturated rings. The van der Waals surface area contributed by atoms with Gasteiger partial charge in [0.25, 0.3) is 5.91 Å². The van der Waals surface area contributed by atoms with Gasteiger partial charge in [-0.1, -0.05) is 31.9 Å². The third-order valence-electron chi connectivity index (χ3n) is 5.45. The fourth-order valence-corrected chi connectivity index (χ4v) is 3.85. The van der Waals surface area contributed by atoms with Crippen molar-refractivity contribution in [3.63, 3.8) is 0 Å². The first-order chi connectivity index (χ1) is 15.5. The van der Waals surface area contributed by atoms with Crippen LogP contribution in [0.3, 0.4) is 0 Å². The van der Waals surface area contributed by atoms with Crippen LogP contribution in [0.25, 0.3) is 0 Å². The molecule has 0 saturated carbocycles. The summed E-state index contributed by atoms with van der Waals surface area (Å²) in [6, 6.07) is 9.83. The van der Waals surface area contributed by atoms with Gasteiger partial charge in [0.2, 0.25) is 5.78 Å². The number of amides is 1. The van der Waals surface area contributed by atoms with Crippen molar-refractivity contribution in [3.8, 4) is 5.75 Å². The predicted octanol–water partition coefficient (Wildman–Crippen LogP) is 4.77. The minimum atomic E-state index is -0.739. The number of nitrogens with zero attached hydrogens (tertiary/aromatic N) is 1. The molecule has 1 aromatic carbocycles. The number of benzene rings is 1. The third-order valence-corrected chi connectivity index (χ3v) is 5.45. The Kier molecular flexibility index (Phi) is 8.11. The molecule has 1 unspecified atom stereocenters. The molecular formula is C25H31NO6. The number of carbonyl (C=O) groups is 2. The second-order valence-electron chi connectivity index (χ2n) is 7.88. The standard InChI is InChI=1S/C25H31NO6/c1-4-5-6-15-31-19-10-7-9-18(16-19)22-21(23(27)20-12-11-17(2)32-20)24(28)25(29)26(22)13-8-14-30-3/h7,9-12,16,22,28H,4-6,8,13-15H2,1-3H3. The Morgan fingerprint density at radius 2 is 1.97 bits per heavy atom. The van der Waals surface area contributed by atoms with Gasteiger partial charge in [0.15, 0.2) is 11.5 Å². The van der Waals surface area contributed by atoms with Gasteiger partial charge in [-0.3, -0.25) is 9.59 Å². The average Bonchev–Trinajstić information content (AvgIpc) is 3.33. The third kappa shape index (κ3) is 5.22. The van der Waals surface area contributed by atoms with E-state index < -0.39 is 23.5 Å². The van der Waals surface area contributed by atoms with E-state index in [1.807, 2.05) is 24.3 Å². The van der Waals surface area contributed by atoms with Crippen LogP contribution in [0.1, 0.15) is 60.5 Å². The topological polar surface area (TPSA) is 89.2 Å². The second-order valence-corrected chi connectivity index (χ2v) is 7.88. The maximum Gasteiger partial charge on any atom is 0.290 e. The van der Waals surface area contributed by atoms with Gasteiger partial charge in [0, 0.05) is 20.3 Å². The maximum absolute atomic E-state index is 13.3. The summed E-state index contributed by atoms with van der Waals surface area (Å²) in [6.45, 7) is 5.25. The number of Topliss-reactive ketones (excluding diaryl/α,β-unsaturated/α-hetero) is 1. The highest BCUT2D eigenvalue weighted by molar-refractivity contribution is 6.15.